The van der Waals surface area contributed by atoms with Crippen molar-refractivity contribution in [3.63, 3.8) is 0 Å². The zero-order valence-electron chi connectivity index (χ0n) is 21.6. The number of anilines is 1. The highest BCUT2D eigenvalue weighted by molar-refractivity contribution is 5.99. The van der Waals surface area contributed by atoms with Crippen molar-refractivity contribution in [3.05, 3.63) is 82.7 Å². The third-order valence-corrected chi connectivity index (χ3v) is 8.04. The molecule has 3 heterocycles. The van der Waals surface area contributed by atoms with Crippen LogP contribution in [0.3, 0.4) is 0 Å². The fourth-order valence-corrected chi connectivity index (χ4v) is 5.84. The molecule has 2 aliphatic heterocycles. The number of rotatable bonds is 4. The molecule has 8 nitrogen and oxygen atoms in total. The highest BCUT2D eigenvalue weighted by Gasteiger charge is 2.41. The highest BCUT2D eigenvalue weighted by Crippen LogP contribution is 2.43. The van der Waals surface area contributed by atoms with Crippen molar-refractivity contribution in [2.75, 3.05) is 25.4 Å². The van der Waals surface area contributed by atoms with E-state index in [0.717, 1.165) is 47.9 Å². The van der Waals surface area contributed by atoms with Crippen LogP contribution in [0.4, 0.5) is 18.9 Å². The average Bonchev–Trinajstić information content (AvgIpc) is 3.73. The van der Waals surface area contributed by atoms with Crippen molar-refractivity contribution < 1.29 is 27.9 Å². The Morgan fingerprint density at radius 3 is 2.52 bits per heavy atom. The maximum atomic E-state index is 13.8. The van der Waals surface area contributed by atoms with Gasteiger partial charge in [0.2, 0.25) is 5.91 Å². The van der Waals surface area contributed by atoms with Crippen molar-refractivity contribution in [1.29, 1.82) is 0 Å². The first-order chi connectivity index (χ1) is 19.1. The first kappa shape index (κ1) is 26.0. The maximum absolute atomic E-state index is 13.8. The van der Waals surface area contributed by atoms with Gasteiger partial charge < -0.3 is 20.6 Å². The standard InChI is InChI=1S/C29H28F3N5O3/c1-2-26(39)35-11-9-21-27-23(37(34-21)22-8-5-17(13-25(22)38)16-3-4-16)10-12-36(24(27)15-35)28(40)19-7-6-18(14-20(19)33)29(30,31)32/h2,5-8,13-14,16,24,38H,1,3-4,9-12,15,33H2/t24-/m1/s1. The molecular weight excluding hydrogens is 523 g/mol. The summed E-state index contributed by atoms with van der Waals surface area (Å²) >= 11 is 0. The number of alkyl halides is 3. The lowest BCUT2D eigenvalue weighted by atomic mass is 9.94. The SMILES string of the molecule is C=CC(=O)N1CCc2nn(-c3ccc(C4CC4)cc3O)c3c2[C@@H](C1)N(C(=O)c1ccc(C(F)(F)F)cc1N)CC3. The van der Waals surface area contributed by atoms with E-state index in [2.05, 4.69) is 6.58 Å². The van der Waals surface area contributed by atoms with Crippen molar-refractivity contribution in [2.45, 2.75) is 43.8 Å². The van der Waals surface area contributed by atoms with Crippen LogP contribution >= 0.6 is 0 Å². The van der Waals surface area contributed by atoms with Gasteiger partial charge in [-0.15, -0.1) is 0 Å². The number of hydrogen-bond donors (Lipinski definition) is 2. The molecule has 0 unspecified atom stereocenters. The summed E-state index contributed by atoms with van der Waals surface area (Å²) in [5.74, 6) is -0.220. The fourth-order valence-electron chi connectivity index (χ4n) is 5.84. The molecule has 0 radical (unpaired) electrons. The summed E-state index contributed by atoms with van der Waals surface area (Å²) in [6, 6.07) is 7.73. The van der Waals surface area contributed by atoms with Gasteiger partial charge in [0.15, 0.2) is 0 Å². The topological polar surface area (TPSA) is 105 Å². The van der Waals surface area contributed by atoms with E-state index in [1.807, 2.05) is 12.1 Å². The normalized spacial score (nSPS) is 18.7. The molecule has 1 aromatic heterocycles. The van der Waals surface area contributed by atoms with E-state index in [1.165, 1.54) is 6.08 Å². The molecule has 1 aliphatic carbocycles. The zero-order valence-corrected chi connectivity index (χ0v) is 21.6. The Kier molecular flexibility index (Phi) is 6.12. The van der Waals surface area contributed by atoms with Crippen LogP contribution < -0.4 is 5.73 Å². The smallest absolute Gasteiger partial charge is 0.416 e. The number of carbonyl (C=O) groups is 2. The molecule has 3 N–H and O–H groups in total. The van der Waals surface area contributed by atoms with Crippen molar-refractivity contribution in [2.24, 2.45) is 0 Å². The predicted molar refractivity (Wildman–Crippen MR) is 141 cm³/mol. The molecule has 0 spiro atoms. The van der Waals surface area contributed by atoms with Crippen LogP contribution in [-0.2, 0) is 23.8 Å². The average molecular weight is 552 g/mol. The Bertz CT molecular complexity index is 1540. The summed E-state index contributed by atoms with van der Waals surface area (Å²) in [6.45, 7) is 4.32. The van der Waals surface area contributed by atoms with E-state index in [9.17, 15) is 27.9 Å². The van der Waals surface area contributed by atoms with Crippen LogP contribution in [0.2, 0.25) is 0 Å². The Morgan fingerprint density at radius 2 is 1.88 bits per heavy atom. The third-order valence-electron chi connectivity index (χ3n) is 8.04. The number of nitrogen functional groups attached to an aromatic ring is 1. The summed E-state index contributed by atoms with van der Waals surface area (Å²) in [4.78, 5) is 29.6. The highest BCUT2D eigenvalue weighted by atomic mass is 19.4. The van der Waals surface area contributed by atoms with Gasteiger partial charge in [0, 0.05) is 43.7 Å². The number of nitrogens with two attached hydrogens (primary N) is 1. The lowest BCUT2D eigenvalue weighted by Gasteiger charge is -2.38. The van der Waals surface area contributed by atoms with Crippen molar-refractivity contribution >= 4 is 17.5 Å². The first-order valence-corrected chi connectivity index (χ1v) is 13.2. The second-order valence-corrected chi connectivity index (χ2v) is 10.5. The lowest BCUT2D eigenvalue weighted by Crippen LogP contribution is -2.46. The molecule has 11 heteroatoms. The summed E-state index contributed by atoms with van der Waals surface area (Å²) in [5.41, 5.74) is 8.64. The number of carbonyl (C=O) groups excluding carboxylic acids is 2. The number of nitrogens with zero attached hydrogens (tertiary/aromatic N) is 4. The van der Waals surface area contributed by atoms with E-state index in [0.29, 0.717) is 36.7 Å². The van der Waals surface area contributed by atoms with E-state index >= 15 is 0 Å². The van der Waals surface area contributed by atoms with Crippen molar-refractivity contribution in [1.82, 2.24) is 19.6 Å². The minimum atomic E-state index is -4.59. The second kappa shape index (κ2) is 9.42. The van der Waals surface area contributed by atoms with Gasteiger partial charge in [0.1, 0.15) is 11.4 Å². The Labute approximate surface area is 228 Å². The number of phenols is 1. The molecule has 40 heavy (non-hydrogen) atoms. The fraction of sp³-hybridized carbons (Fsp3) is 0.345. The van der Waals surface area contributed by atoms with Crippen LogP contribution in [0, 0.1) is 0 Å². The molecule has 208 valence electrons. The van der Waals surface area contributed by atoms with E-state index in [4.69, 9.17) is 10.8 Å². The van der Waals surface area contributed by atoms with E-state index in [1.54, 1.807) is 20.5 Å². The summed E-state index contributed by atoms with van der Waals surface area (Å²) in [5, 5.41) is 15.7. The zero-order chi connectivity index (χ0) is 28.3. The Balaban J connectivity index is 1.41. The molecule has 2 amide bonds. The Morgan fingerprint density at radius 1 is 1.10 bits per heavy atom. The summed E-state index contributed by atoms with van der Waals surface area (Å²) in [7, 11) is 0. The number of halogens is 3. The van der Waals surface area contributed by atoms with Gasteiger partial charge in [-0.2, -0.15) is 18.3 Å². The molecule has 3 aliphatic rings. The first-order valence-electron chi connectivity index (χ1n) is 13.2. The predicted octanol–water partition coefficient (Wildman–Crippen LogP) is 4.37. The number of amides is 2. The summed E-state index contributed by atoms with van der Waals surface area (Å²) < 4.78 is 41.3. The lowest BCUT2D eigenvalue weighted by molar-refractivity contribution is -0.137. The van der Waals surface area contributed by atoms with E-state index in [-0.39, 0.29) is 36.0 Å². The van der Waals surface area contributed by atoms with Gasteiger partial charge in [-0.3, -0.25) is 9.59 Å². The summed E-state index contributed by atoms with van der Waals surface area (Å²) in [6.07, 6.45) is -0.341. The largest absolute Gasteiger partial charge is 0.506 e. The minimum absolute atomic E-state index is 0.0375. The number of hydrogen-bond acceptors (Lipinski definition) is 5. The molecule has 6 rings (SSSR count). The molecule has 1 fully saturated rings. The third kappa shape index (κ3) is 4.39. The molecule has 2 aromatic carbocycles. The molecular formula is C29H28F3N5O3. The minimum Gasteiger partial charge on any atom is -0.506 e. The van der Waals surface area contributed by atoms with Gasteiger partial charge in [0.25, 0.3) is 5.91 Å². The quantitative estimate of drug-likeness (QED) is 0.370. The van der Waals surface area contributed by atoms with Gasteiger partial charge in [-0.1, -0.05) is 12.6 Å². The number of aromatic hydroxyl groups is 1. The molecule has 0 saturated heterocycles. The van der Waals surface area contributed by atoms with Crippen molar-refractivity contribution in [3.8, 4) is 11.4 Å². The number of phenolic OH excluding ortho intramolecular Hbond substituents is 1. The van der Waals surface area contributed by atoms with Gasteiger partial charge >= 0.3 is 6.18 Å². The molecule has 1 saturated carbocycles. The second-order valence-electron chi connectivity index (χ2n) is 10.5. The van der Waals surface area contributed by atoms with Crippen LogP contribution in [-0.4, -0.2) is 56.1 Å². The molecule has 3 aromatic rings. The Hall–Kier alpha value is -4.28. The van der Waals surface area contributed by atoms with Crippen LogP contribution in [0.1, 0.15) is 63.2 Å². The van der Waals surface area contributed by atoms with Gasteiger partial charge in [0.05, 0.1) is 28.6 Å². The van der Waals surface area contributed by atoms with Crippen LogP contribution in [0.5, 0.6) is 5.75 Å². The van der Waals surface area contributed by atoms with Crippen LogP contribution in [0.15, 0.2) is 49.1 Å². The van der Waals surface area contributed by atoms with Gasteiger partial charge in [-0.25, -0.2) is 4.68 Å². The van der Waals surface area contributed by atoms with E-state index < -0.39 is 23.7 Å². The van der Waals surface area contributed by atoms with Crippen LogP contribution in [0.25, 0.3) is 5.69 Å². The number of benzene rings is 2. The number of aromatic nitrogens is 2. The molecule has 1 atom stereocenters. The van der Waals surface area contributed by atoms with Gasteiger partial charge in [-0.05, 0) is 60.7 Å². The maximum Gasteiger partial charge on any atom is 0.416 e. The monoisotopic (exact) mass is 551 g/mol. The molecule has 0 bridgehead atoms.